The number of nitrogens with two attached hydrogens (primary N) is 1. The Bertz CT molecular complexity index is 444. The normalized spacial score (nSPS) is 13.8. The zero-order chi connectivity index (χ0) is 14.4. The number of aliphatic carboxylic acids is 1. The van der Waals surface area contributed by atoms with Crippen molar-refractivity contribution >= 4 is 11.7 Å². The van der Waals surface area contributed by atoms with Gasteiger partial charge < -0.3 is 10.8 Å². The van der Waals surface area contributed by atoms with Crippen molar-refractivity contribution in [3.63, 3.8) is 0 Å². The Morgan fingerprint density at radius 1 is 1.42 bits per heavy atom. The molecule has 2 atom stereocenters. The van der Waals surface area contributed by atoms with Crippen molar-refractivity contribution in [1.29, 1.82) is 0 Å². The lowest BCUT2D eigenvalue weighted by Crippen LogP contribution is -2.30. The molecule has 1 aromatic rings. The van der Waals surface area contributed by atoms with Gasteiger partial charge in [0, 0.05) is 24.6 Å². The molecule has 3 N–H and O–H groups in total. The van der Waals surface area contributed by atoms with Crippen molar-refractivity contribution in [2.75, 3.05) is 0 Å². The maximum absolute atomic E-state index is 10.5. The fourth-order valence-electron chi connectivity index (χ4n) is 1.79. The molecule has 0 aliphatic carbocycles. The highest BCUT2D eigenvalue weighted by molar-refractivity contribution is 5.66. The Labute approximate surface area is 111 Å². The molecule has 0 heterocycles. The Morgan fingerprint density at radius 3 is 2.47 bits per heavy atom. The van der Waals surface area contributed by atoms with E-state index in [1.165, 1.54) is 12.1 Å². The van der Waals surface area contributed by atoms with E-state index in [-0.39, 0.29) is 24.1 Å². The summed E-state index contributed by atoms with van der Waals surface area (Å²) in [5.74, 6) is -0.735. The van der Waals surface area contributed by atoms with Crippen molar-refractivity contribution in [2.45, 2.75) is 32.2 Å². The molecule has 2 unspecified atom stereocenters. The first-order valence-electron chi connectivity index (χ1n) is 6.11. The van der Waals surface area contributed by atoms with E-state index in [4.69, 9.17) is 10.8 Å². The molecule has 6 heteroatoms. The number of nitro groups is 1. The zero-order valence-electron chi connectivity index (χ0n) is 10.8. The zero-order valence-corrected chi connectivity index (χ0v) is 10.8. The van der Waals surface area contributed by atoms with Gasteiger partial charge in [-0.25, -0.2) is 0 Å². The van der Waals surface area contributed by atoms with E-state index in [1.807, 2.05) is 6.92 Å². The number of non-ortho nitro benzene ring substituents is 1. The van der Waals surface area contributed by atoms with Crippen LogP contribution >= 0.6 is 0 Å². The number of benzene rings is 1. The van der Waals surface area contributed by atoms with E-state index < -0.39 is 10.9 Å². The molecule has 0 aliphatic rings. The molecule has 0 fully saturated rings. The minimum absolute atomic E-state index is 0.0521. The van der Waals surface area contributed by atoms with Crippen LogP contribution in [0.15, 0.2) is 24.3 Å². The van der Waals surface area contributed by atoms with Crippen molar-refractivity contribution in [2.24, 2.45) is 11.7 Å². The minimum Gasteiger partial charge on any atom is -0.481 e. The maximum atomic E-state index is 10.5. The van der Waals surface area contributed by atoms with Crippen LogP contribution in [-0.2, 0) is 11.2 Å². The summed E-state index contributed by atoms with van der Waals surface area (Å²) >= 11 is 0. The number of nitro benzene ring substituents is 1. The molecule has 6 nitrogen and oxygen atoms in total. The van der Waals surface area contributed by atoms with Crippen LogP contribution in [0.1, 0.15) is 25.3 Å². The second-order valence-electron chi connectivity index (χ2n) is 4.70. The summed E-state index contributed by atoms with van der Waals surface area (Å²) in [6, 6.07) is 6.11. The van der Waals surface area contributed by atoms with Gasteiger partial charge in [-0.1, -0.05) is 19.1 Å². The van der Waals surface area contributed by atoms with E-state index in [1.54, 1.807) is 12.1 Å². The number of hydrogen-bond acceptors (Lipinski definition) is 4. The summed E-state index contributed by atoms with van der Waals surface area (Å²) in [5.41, 5.74) is 6.98. The smallest absolute Gasteiger partial charge is 0.303 e. The molecule has 0 spiro atoms. The summed E-state index contributed by atoms with van der Waals surface area (Å²) in [6.07, 6.45) is 1.22. The molecule has 1 aromatic carbocycles. The second-order valence-corrected chi connectivity index (χ2v) is 4.70. The number of carboxylic acid groups (broad SMARTS) is 1. The molecule has 19 heavy (non-hydrogen) atoms. The summed E-state index contributed by atoms with van der Waals surface area (Å²) in [4.78, 5) is 20.6. The van der Waals surface area contributed by atoms with Gasteiger partial charge >= 0.3 is 5.97 Å². The molecule has 0 aliphatic heterocycles. The largest absolute Gasteiger partial charge is 0.481 e. The molecular formula is C13H18N2O4. The predicted molar refractivity (Wildman–Crippen MR) is 70.8 cm³/mol. The third kappa shape index (κ3) is 5.05. The third-order valence-corrected chi connectivity index (χ3v) is 3.16. The summed E-state index contributed by atoms with van der Waals surface area (Å²) in [5, 5.41) is 19.1. The summed E-state index contributed by atoms with van der Waals surface area (Å²) in [7, 11) is 0. The average molecular weight is 266 g/mol. The Kier molecular flexibility index (Phi) is 5.44. The minimum atomic E-state index is -0.825. The van der Waals surface area contributed by atoms with Crippen LogP contribution in [0, 0.1) is 16.0 Å². The van der Waals surface area contributed by atoms with E-state index >= 15 is 0 Å². The third-order valence-electron chi connectivity index (χ3n) is 3.16. The van der Waals surface area contributed by atoms with Crippen LogP contribution in [0.4, 0.5) is 5.69 Å². The summed E-state index contributed by atoms with van der Waals surface area (Å²) < 4.78 is 0. The van der Waals surface area contributed by atoms with E-state index in [2.05, 4.69) is 0 Å². The van der Waals surface area contributed by atoms with Crippen LogP contribution in [0.2, 0.25) is 0 Å². The lowest BCUT2D eigenvalue weighted by Gasteiger charge is -2.19. The fraction of sp³-hybridized carbons (Fsp3) is 0.462. The van der Waals surface area contributed by atoms with Crippen LogP contribution in [0.5, 0.6) is 0 Å². The molecular weight excluding hydrogens is 248 g/mol. The van der Waals surface area contributed by atoms with Gasteiger partial charge in [-0.3, -0.25) is 14.9 Å². The molecule has 0 bridgehead atoms. The average Bonchev–Trinajstić information content (AvgIpc) is 2.36. The molecule has 0 saturated carbocycles. The van der Waals surface area contributed by atoms with Crippen molar-refractivity contribution < 1.29 is 14.8 Å². The van der Waals surface area contributed by atoms with Crippen LogP contribution in [-0.4, -0.2) is 22.0 Å². The molecule has 0 saturated heterocycles. The molecule has 0 radical (unpaired) electrons. The van der Waals surface area contributed by atoms with Crippen molar-refractivity contribution in [3.8, 4) is 0 Å². The van der Waals surface area contributed by atoms with Gasteiger partial charge in [0.15, 0.2) is 0 Å². The Morgan fingerprint density at radius 2 is 2.00 bits per heavy atom. The SMILES string of the molecule is CC(CCC(=O)O)C(N)Cc1ccc([N+](=O)[O-])cc1. The van der Waals surface area contributed by atoms with Gasteiger partial charge in [0.2, 0.25) is 0 Å². The number of carbonyl (C=O) groups is 1. The molecule has 1 rings (SSSR count). The van der Waals surface area contributed by atoms with Gasteiger partial charge in [-0.05, 0) is 24.3 Å². The number of carboxylic acids is 1. The van der Waals surface area contributed by atoms with Crippen molar-refractivity contribution in [3.05, 3.63) is 39.9 Å². The van der Waals surface area contributed by atoms with Gasteiger partial charge in [0.1, 0.15) is 0 Å². The van der Waals surface area contributed by atoms with Crippen molar-refractivity contribution in [1.82, 2.24) is 0 Å². The standard InChI is InChI=1S/C13H18N2O4/c1-9(2-7-13(16)17)12(14)8-10-3-5-11(6-4-10)15(18)19/h3-6,9,12H,2,7-8,14H2,1H3,(H,16,17). The fourth-order valence-corrected chi connectivity index (χ4v) is 1.79. The lowest BCUT2D eigenvalue weighted by atomic mass is 9.92. The topological polar surface area (TPSA) is 106 Å². The lowest BCUT2D eigenvalue weighted by molar-refractivity contribution is -0.384. The highest BCUT2D eigenvalue weighted by atomic mass is 16.6. The van der Waals surface area contributed by atoms with Gasteiger partial charge in [0.25, 0.3) is 5.69 Å². The Hall–Kier alpha value is -1.95. The first-order chi connectivity index (χ1) is 8.90. The van der Waals surface area contributed by atoms with Gasteiger partial charge in [-0.2, -0.15) is 0 Å². The number of rotatable bonds is 7. The van der Waals surface area contributed by atoms with E-state index in [9.17, 15) is 14.9 Å². The van der Waals surface area contributed by atoms with Gasteiger partial charge in [-0.15, -0.1) is 0 Å². The molecule has 0 aromatic heterocycles. The second kappa shape index (κ2) is 6.84. The first kappa shape index (κ1) is 15.1. The number of hydrogen-bond donors (Lipinski definition) is 2. The van der Waals surface area contributed by atoms with E-state index in [0.717, 1.165) is 5.56 Å². The molecule has 0 amide bonds. The number of nitrogens with zero attached hydrogens (tertiary/aromatic N) is 1. The quantitative estimate of drug-likeness (QED) is 0.579. The predicted octanol–water partition coefficient (Wildman–Crippen LogP) is 1.97. The monoisotopic (exact) mass is 266 g/mol. The van der Waals surface area contributed by atoms with Gasteiger partial charge in [0.05, 0.1) is 4.92 Å². The van der Waals surface area contributed by atoms with Crippen LogP contribution in [0.3, 0.4) is 0 Å². The van der Waals surface area contributed by atoms with E-state index in [0.29, 0.717) is 12.8 Å². The van der Waals surface area contributed by atoms with Crippen LogP contribution < -0.4 is 5.73 Å². The highest BCUT2D eigenvalue weighted by Crippen LogP contribution is 2.16. The first-order valence-corrected chi connectivity index (χ1v) is 6.11. The van der Waals surface area contributed by atoms with Crippen LogP contribution in [0.25, 0.3) is 0 Å². The maximum Gasteiger partial charge on any atom is 0.303 e. The summed E-state index contributed by atoms with van der Waals surface area (Å²) in [6.45, 7) is 1.92. The Balaban J connectivity index is 2.53. The molecule has 104 valence electrons. The highest BCUT2D eigenvalue weighted by Gasteiger charge is 2.15.